The molecule has 0 radical (unpaired) electrons. The second-order valence-electron chi connectivity index (χ2n) is 4.53. The van der Waals surface area contributed by atoms with Gasteiger partial charge in [0.25, 0.3) is 0 Å². The molecular formula is C16H17N3OS. The third-order valence-corrected chi connectivity index (χ3v) is 4.09. The first kappa shape index (κ1) is 13.8. The lowest BCUT2D eigenvalue weighted by Gasteiger charge is -2.11. The summed E-state index contributed by atoms with van der Waals surface area (Å²) in [6.07, 6.45) is 2.06. The minimum Gasteiger partial charge on any atom is -0.492 e. The van der Waals surface area contributed by atoms with E-state index in [2.05, 4.69) is 23.4 Å². The quantitative estimate of drug-likeness (QED) is 0.746. The highest BCUT2D eigenvalue weighted by atomic mass is 32.2. The van der Waals surface area contributed by atoms with Crippen LogP contribution in [0.4, 0.5) is 5.95 Å². The molecule has 0 amide bonds. The fourth-order valence-corrected chi connectivity index (χ4v) is 3.01. The fraction of sp³-hybridized carbons (Fsp3) is 0.188. The molecule has 0 saturated heterocycles. The molecule has 1 heterocycles. The maximum atomic E-state index is 6.16. The molecule has 0 aliphatic heterocycles. The summed E-state index contributed by atoms with van der Waals surface area (Å²) in [7, 11) is 0. The van der Waals surface area contributed by atoms with Gasteiger partial charge in [-0.1, -0.05) is 18.2 Å². The lowest BCUT2D eigenvalue weighted by atomic mass is 10.2. The van der Waals surface area contributed by atoms with E-state index < -0.39 is 0 Å². The lowest BCUT2D eigenvalue weighted by molar-refractivity contribution is 0.344. The highest BCUT2D eigenvalue weighted by Crippen LogP contribution is 2.33. The first-order valence-electron chi connectivity index (χ1n) is 6.79. The number of thioether (sulfide) groups is 1. The van der Waals surface area contributed by atoms with Crippen LogP contribution in [0.15, 0.2) is 47.4 Å². The predicted octanol–water partition coefficient (Wildman–Crippen LogP) is 3.73. The molecule has 0 bridgehead atoms. The van der Waals surface area contributed by atoms with Gasteiger partial charge in [0, 0.05) is 4.90 Å². The van der Waals surface area contributed by atoms with Crippen molar-refractivity contribution < 1.29 is 4.74 Å². The normalized spacial score (nSPS) is 11.0. The number of aromatic nitrogens is 2. The van der Waals surface area contributed by atoms with Crippen molar-refractivity contribution in [1.29, 1.82) is 0 Å². The summed E-state index contributed by atoms with van der Waals surface area (Å²) in [5.74, 6) is 1.24. The molecule has 1 aromatic heterocycles. The summed E-state index contributed by atoms with van der Waals surface area (Å²) in [6, 6.07) is 14.1. The van der Waals surface area contributed by atoms with Crippen LogP contribution in [0.5, 0.6) is 5.75 Å². The maximum absolute atomic E-state index is 6.16. The van der Waals surface area contributed by atoms with Crippen LogP contribution in [0.3, 0.4) is 0 Å². The van der Waals surface area contributed by atoms with E-state index in [9.17, 15) is 0 Å². The van der Waals surface area contributed by atoms with Gasteiger partial charge in [-0.2, -0.15) is 0 Å². The van der Waals surface area contributed by atoms with Crippen molar-refractivity contribution in [2.45, 2.75) is 11.8 Å². The van der Waals surface area contributed by atoms with Gasteiger partial charge in [-0.3, -0.25) is 4.57 Å². The SMILES string of the molecule is CCOc1cccc2c1nc(N)n2-c1ccccc1SC. The average molecular weight is 299 g/mol. The molecule has 21 heavy (non-hydrogen) atoms. The molecular weight excluding hydrogens is 282 g/mol. The Morgan fingerprint density at radius 2 is 2.00 bits per heavy atom. The summed E-state index contributed by atoms with van der Waals surface area (Å²) in [5.41, 5.74) is 8.96. The Morgan fingerprint density at radius 3 is 2.76 bits per heavy atom. The molecule has 2 N–H and O–H groups in total. The number of fused-ring (bicyclic) bond motifs is 1. The number of imidazole rings is 1. The lowest BCUT2D eigenvalue weighted by Crippen LogP contribution is -2.01. The summed E-state index contributed by atoms with van der Waals surface area (Å²) in [6.45, 7) is 2.56. The third kappa shape index (κ3) is 2.34. The van der Waals surface area contributed by atoms with Crippen LogP contribution in [-0.2, 0) is 0 Å². The number of hydrogen-bond acceptors (Lipinski definition) is 4. The minimum atomic E-state index is 0.471. The molecule has 0 saturated carbocycles. The van der Waals surface area contributed by atoms with Gasteiger partial charge in [-0.15, -0.1) is 11.8 Å². The number of anilines is 1. The second kappa shape index (κ2) is 5.69. The standard InChI is InChI=1S/C16H17N3OS/c1-3-20-13-9-6-8-12-15(13)18-16(17)19(12)11-7-4-5-10-14(11)21-2/h4-10H,3H2,1-2H3,(H2,17,18). The Bertz CT molecular complexity index is 782. The fourth-order valence-electron chi connectivity index (χ4n) is 2.43. The zero-order chi connectivity index (χ0) is 14.8. The zero-order valence-corrected chi connectivity index (χ0v) is 12.9. The summed E-state index contributed by atoms with van der Waals surface area (Å²) < 4.78 is 7.62. The molecule has 5 heteroatoms. The smallest absolute Gasteiger partial charge is 0.206 e. The number of rotatable bonds is 4. The summed E-state index contributed by atoms with van der Waals surface area (Å²) >= 11 is 1.69. The number of ether oxygens (including phenoxy) is 1. The Kier molecular flexibility index (Phi) is 3.75. The van der Waals surface area contributed by atoms with Crippen molar-refractivity contribution >= 4 is 28.7 Å². The molecule has 2 aromatic carbocycles. The molecule has 108 valence electrons. The monoisotopic (exact) mass is 299 g/mol. The first-order chi connectivity index (χ1) is 10.3. The van der Waals surface area contributed by atoms with Crippen LogP contribution >= 0.6 is 11.8 Å². The van der Waals surface area contributed by atoms with Gasteiger partial charge in [-0.05, 0) is 37.4 Å². The van der Waals surface area contributed by atoms with E-state index in [1.54, 1.807) is 11.8 Å². The van der Waals surface area contributed by atoms with Gasteiger partial charge in [0.15, 0.2) is 0 Å². The van der Waals surface area contributed by atoms with Gasteiger partial charge in [0.1, 0.15) is 11.3 Å². The van der Waals surface area contributed by atoms with E-state index in [1.807, 2.05) is 41.8 Å². The van der Waals surface area contributed by atoms with Crippen molar-refractivity contribution in [2.24, 2.45) is 0 Å². The van der Waals surface area contributed by atoms with Gasteiger partial charge < -0.3 is 10.5 Å². The second-order valence-corrected chi connectivity index (χ2v) is 5.38. The molecule has 0 unspecified atom stereocenters. The Hall–Kier alpha value is -2.14. The van der Waals surface area contributed by atoms with E-state index >= 15 is 0 Å². The van der Waals surface area contributed by atoms with Gasteiger partial charge in [0.05, 0.1) is 17.8 Å². The van der Waals surface area contributed by atoms with Crippen molar-refractivity contribution in [3.63, 3.8) is 0 Å². The van der Waals surface area contributed by atoms with Gasteiger partial charge in [0.2, 0.25) is 5.95 Å². The van der Waals surface area contributed by atoms with Crippen molar-refractivity contribution in [2.75, 3.05) is 18.6 Å². The zero-order valence-electron chi connectivity index (χ0n) is 12.0. The van der Waals surface area contributed by atoms with Crippen LogP contribution in [0.1, 0.15) is 6.92 Å². The van der Waals surface area contributed by atoms with E-state index in [1.165, 1.54) is 0 Å². The number of hydrogen-bond donors (Lipinski definition) is 1. The number of benzene rings is 2. The minimum absolute atomic E-state index is 0.471. The molecule has 0 atom stereocenters. The first-order valence-corrected chi connectivity index (χ1v) is 8.02. The predicted molar refractivity (Wildman–Crippen MR) is 88.4 cm³/mol. The molecule has 0 aliphatic carbocycles. The average Bonchev–Trinajstić information content (AvgIpc) is 2.84. The van der Waals surface area contributed by atoms with Gasteiger partial charge in [-0.25, -0.2) is 4.98 Å². The highest BCUT2D eigenvalue weighted by Gasteiger charge is 2.15. The Labute approximate surface area is 127 Å². The number of nitrogens with zero attached hydrogens (tertiary/aromatic N) is 2. The Morgan fingerprint density at radius 1 is 1.19 bits per heavy atom. The number of nitrogen functional groups attached to an aromatic ring is 1. The molecule has 3 rings (SSSR count). The molecule has 0 aliphatic rings. The van der Waals surface area contributed by atoms with Crippen LogP contribution in [0.25, 0.3) is 16.7 Å². The van der Waals surface area contributed by atoms with Crippen LogP contribution < -0.4 is 10.5 Å². The van der Waals surface area contributed by atoms with Crippen molar-refractivity contribution in [3.8, 4) is 11.4 Å². The third-order valence-electron chi connectivity index (χ3n) is 3.30. The molecule has 0 spiro atoms. The van der Waals surface area contributed by atoms with Crippen LogP contribution in [-0.4, -0.2) is 22.4 Å². The number of nitrogens with two attached hydrogens (primary N) is 1. The van der Waals surface area contributed by atoms with E-state index in [-0.39, 0.29) is 0 Å². The van der Waals surface area contributed by atoms with Crippen molar-refractivity contribution in [3.05, 3.63) is 42.5 Å². The molecule has 0 fully saturated rings. The van der Waals surface area contributed by atoms with Crippen LogP contribution in [0.2, 0.25) is 0 Å². The van der Waals surface area contributed by atoms with E-state index in [0.29, 0.717) is 12.6 Å². The van der Waals surface area contributed by atoms with E-state index in [0.717, 1.165) is 27.4 Å². The largest absolute Gasteiger partial charge is 0.492 e. The topological polar surface area (TPSA) is 53.1 Å². The summed E-state index contributed by atoms with van der Waals surface area (Å²) in [5, 5.41) is 0. The van der Waals surface area contributed by atoms with Crippen LogP contribution in [0, 0.1) is 0 Å². The summed E-state index contributed by atoms with van der Waals surface area (Å²) in [4.78, 5) is 5.65. The number of para-hydroxylation sites is 2. The van der Waals surface area contributed by atoms with Gasteiger partial charge >= 0.3 is 0 Å². The Balaban J connectivity index is 2.28. The highest BCUT2D eigenvalue weighted by molar-refractivity contribution is 7.98. The molecule has 3 aromatic rings. The molecule has 4 nitrogen and oxygen atoms in total. The van der Waals surface area contributed by atoms with E-state index in [4.69, 9.17) is 10.5 Å². The maximum Gasteiger partial charge on any atom is 0.206 e. The van der Waals surface area contributed by atoms with Crippen molar-refractivity contribution in [1.82, 2.24) is 9.55 Å².